The van der Waals surface area contributed by atoms with Crippen LogP contribution in [-0.4, -0.2) is 52.4 Å². The summed E-state index contributed by atoms with van der Waals surface area (Å²) in [6.45, 7) is 5.02. The average molecular weight is 216 g/mol. The molecule has 0 amide bonds. The Hall–Kier alpha value is -0.0452. The molecule has 1 aliphatic rings. The molecule has 0 spiro atoms. The maximum absolute atomic E-state index is 8.93. The van der Waals surface area contributed by atoms with Gasteiger partial charge in [0.15, 0.2) is 0 Å². The lowest BCUT2D eigenvalue weighted by Crippen LogP contribution is -2.47. The van der Waals surface area contributed by atoms with Gasteiger partial charge in [-0.2, -0.15) is 0 Å². The van der Waals surface area contributed by atoms with Gasteiger partial charge in [0.05, 0.1) is 11.2 Å². The van der Waals surface area contributed by atoms with E-state index in [1.54, 1.807) is 20.8 Å². The van der Waals surface area contributed by atoms with Crippen molar-refractivity contribution in [2.45, 2.75) is 38.3 Å². The Morgan fingerprint density at radius 1 is 1.07 bits per heavy atom. The number of rotatable bonds is 3. The molecule has 84 valence electrons. The summed E-state index contributed by atoms with van der Waals surface area (Å²) in [5.74, 6) is 0. The highest BCUT2D eigenvalue weighted by Gasteiger charge is 2.58. The number of hydrogen-bond acceptors (Lipinski definition) is 6. The van der Waals surface area contributed by atoms with E-state index in [9.17, 15) is 0 Å². The van der Waals surface area contributed by atoms with Crippen molar-refractivity contribution in [1.29, 1.82) is 0 Å². The van der Waals surface area contributed by atoms with E-state index in [2.05, 4.69) is 0 Å². The molecule has 0 aromatic heterocycles. The first-order valence-corrected chi connectivity index (χ1v) is 4.76. The van der Waals surface area contributed by atoms with Crippen molar-refractivity contribution in [3.8, 4) is 0 Å². The Labute approximate surface area is 89.6 Å². The summed E-state index contributed by atoms with van der Waals surface area (Å²) >= 11 is 0. The summed E-state index contributed by atoms with van der Waals surface area (Å²) < 4.78 is 10.6. The molecule has 1 unspecified atom stereocenters. The van der Waals surface area contributed by atoms with E-state index in [4.69, 9.17) is 29.4 Å². The minimum atomic E-state index is -1.75. The third-order valence-corrected chi connectivity index (χ3v) is 2.88. The van der Waals surface area contributed by atoms with Gasteiger partial charge in [-0.3, -0.25) is 0 Å². The largest absolute Gasteiger partial charge is 0.488 e. The van der Waals surface area contributed by atoms with Gasteiger partial charge in [-0.25, -0.2) is 0 Å². The van der Waals surface area contributed by atoms with Gasteiger partial charge in [0, 0.05) is 6.32 Å². The van der Waals surface area contributed by atoms with Crippen LogP contribution in [0.1, 0.15) is 20.8 Å². The van der Waals surface area contributed by atoms with E-state index in [1.165, 1.54) is 0 Å². The van der Waals surface area contributed by atoms with Crippen LogP contribution in [0.4, 0.5) is 0 Å². The SMILES string of the molecule is CC1(C)OB(B(O)O)OC1(C)CB(O)O. The highest BCUT2D eigenvalue weighted by Crippen LogP contribution is 2.40. The normalized spacial score (nSPS) is 29.4. The molecule has 1 atom stereocenters. The Kier molecular flexibility index (Phi) is 3.54. The maximum atomic E-state index is 8.93. The monoisotopic (exact) mass is 216 g/mol. The molecule has 9 heteroatoms. The van der Waals surface area contributed by atoms with Crippen molar-refractivity contribution in [1.82, 2.24) is 0 Å². The van der Waals surface area contributed by atoms with E-state index in [0.29, 0.717) is 0 Å². The predicted molar refractivity (Wildman–Crippen MR) is 55.6 cm³/mol. The van der Waals surface area contributed by atoms with E-state index >= 15 is 0 Å². The average Bonchev–Trinajstić information content (AvgIpc) is 2.21. The van der Waals surface area contributed by atoms with Gasteiger partial charge in [0.1, 0.15) is 0 Å². The molecular formula is C6H15B3O6. The second-order valence-electron chi connectivity index (χ2n) is 4.44. The zero-order valence-corrected chi connectivity index (χ0v) is 9.04. The summed E-state index contributed by atoms with van der Waals surface area (Å²) in [7, 11) is -4.45. The van der Waals surface area contributed by atoms with Gasteiger partial charge in [0.2, 0.25) is 0 Å². The minimum absolute atomic E-state index is 0.0662. The van der Waals surface area contributed by atoms with Crippen molar-refractivity contribution < 1.29 is 29.4 Å². The molecule has 1 aliphatic heterocycles. The second kappa shape index (κ2) is 4.08. The van der Waals surface area contributed by atoms with Gasteiger partial charge in [-0.05, 0) is 20.8 Å². The third-order valence-electron chi connectivity index (χ3n) is 2.88. The van der Waals surface area contributed by atoms with Crippen LogP contribution in [0.15, 0.2) is 0 Å². The van der Waals surface area contributed by atoms with Gasteiger partial charge in [-0.1, -0.05) is 0 Å². The molecular weight excluding hydrogens is 200 g/mol. The molecule has 1 fully saturated rings. The van der Waals surface area contributed by atoms with Crippen molar-refractivity contribution in [2.24, 2.45) is 0 Å². The minimum Gasteiger partial charge on any atom is -0.429 e. The fourth-order valence-electron chi connectivity index (χ4n) is 1.60. The molecule has 6 nitrogen and oxygen atoms in total. The van der Waals surface area contributed by atoms with E-state index in [1.807, 2.05) is 0 Å². The van der Waals surface area contributed by atoms with Gasteiger partial charge in [0.25, 0.3) is 0 Å². The van der Waals surface area contributed by atoms with Crippen molar-refractivity contribution in [3.63, 3.8) is 0 Å². The summed E-state index contributed by atoms with van der Waals surface area (Å²) in [6, 6.07) is 0. The van der Waals surface area contributed by atoms with Crippen molar-refractivity contribution in [2.75, 3.05) is 0 Å². The molecule has 4 N–H and O–H groups in total. The molecule has 0 radical (unpaired) electrons. The summed E-state index contributed by atoms with van der Waals surface area (Å²) in [6.07, 6.45) is -0.0662. The van der Waals surface area contributed by atoms with Crippen LogP contribution in [0.3, 0.4) is 0 Å². The Balaban J connectivity index is 2.80. The van der Waals surface area contributed by atoms with Crippen molar-refractivity contribution in [3.05, 3.63) is 0 Å². The molecule has 0 aromatic rings. The zero-order chi connectivity index (χ0) is 11.9. The second-order valence-corrected chi connectivity index (χ2v) is 4.44. The van der Waals surface area contributed by atoms with Crippen LogP contribution in [0.25, 0.3) is 0 Å². The molecule has 1 rings (SSSR count). The standard InChI is InChI=1S/C6H15B3O6/c1-5(2)6(3,4-7(10)11)15-9(14-5)8(12)13/h10-13H,4H2,1-3H3. The molecule has 1 heterocycles. The maximum Gasteiger partial charge on any atom is 0.488 e. The quantitative estimate of drug-likeness (QED) is 0.410. The highest BCUT2D eigenvalue weighted by atomic mass is 16.7. The summed E-state index contributed by atoms with van der Waals surface area (Å²) in [4.78, 5) is 0. The molecule has 1 saturated heterocycles. The Morgan fingerprint density at radius 3 is 1.93 bits per heavy atom. The van der Waals surface area contributed by atoms with Crippen LogP contribution in [0, 0.1) is 0 Å². The highest BCUT2D eigenvalue weighted by molar-refractivity contribution is 7.09. The van der Waals surface area contributed by atoms with Crippen LogP contribution < -0.4 is 0 Å². The van der Waals surface area contributed by atoms with E-state index in [0.717, 1.165) is 0 Å². The Bertz CT molecular complexity index is 235. The van der Waals surface area contributed by atoms with Crippen LogP contribution in [-0.2, 0) is 9.31 Å². The van der Waals surface area contributed by atoms with Crippen molar-refractivity contribution >= 4 is 21.1 Å². The Morgan fingerprint density at radius 2 is 1.60 bits per heavy atom. The van der Waals surface area contributed by atoms with Gasteiger partial charge < -0.3 is 29.4 Å². The molecule has 15 heavy (non-hydrogen) atoms. The first kappa shape index (κ1) is 13.0. The fourth-order valence-corrected chi connectivity index (χ4v) is 1.60. The van der Waals surface area contributed by atoms with E-state index in [-0.39, 0.29) is 6.32 Å². The number of hydrogen-bond donors (Lipinski definition) is 4. The van der Waals surface area contributed by atoms with Gasteiger partial charge in [-0.15, -0.1) is 0 Å². The molecule has 0 aliphatic carbocycles. The van der Waals surface area contributed by atoms with Crippen LogP contribution in [0.2, 0.25) is 6.32 Å². The molecule has 0 aromatic carbocycles. The molecule has 0 bridgehead atoms. The van der Waals surface area contributed by atoms with E-state index < -0.39 is 32.3 Å². The lowest BCUT2D eigenvalue weighted by atomic mass is 9.50. The van der Waals surface area contributed by atoms with Crippen LogP contribution in [0.5, 0.6) is 0 Å². The fraction of sp³-hybridized carbons (Fsp3) is 1.00. The summed E-state index contributed by atoms with van der Waals surface area (Å²) in [5, 5.41) is 35.7. The smallest absolute Gasteiger partial charge is 0.429 e. The first-order chi connectivity index (χ1) is 6.68. The third kappa shape index (κ3) is 2.55. The molecule has 0 saturated carbocycles. The zero-order valence-electron chi connectivity index (χ0n) is 9.04. The summed E-state index contributed by atoms with van der Waals surface area (Å²) in [5.41, 5.74) is -1.80. The lowest BCUT2D eigenvalue weighted by molar-refractivity contribution is 0.00153. The topological polar surface area (TPSA) is 99.4 Å². The van der Waals surface area contributed by atoms with Crippen LogP contribution >= 0.6 is 0 Å². The lowest BCUT2D eigenvalue weighted by Gasteiger charge is -2.36. The predicted octanol–water partition coefficient (Wildman–Crippen LogP) is -1.92. The first-order valence-electron chi connectivity index (χ1n) is 4.76. The van der Waals surface area contributed by atoms with Gasteiger partial charge >= 0.3 is 21.1 Å².